The molecule has 0 aromatic heterocycles. The lowest BCUT2D eigenvalue weighted by Gasteiger charge is -2.12. The van der Waals surface area contributed by atoms with Gasteiger partial charge in [0.1, 0.15) is 5.75 Å². The van der Waals surface area contributed by atoms with Crippen molar-refractivity contribution in [2.24, 2.45) is 10.7 Å². The van der Waals surface area contributed by atoms with Crippen LogP contribution in [-0.4, -0.2) is 26.8 Å². The van der Waals surface area contributed by atoms with E-state index in [9.17, 15) is 8.78 Å². The van der Waals surface area contributed by atoms with Crippen molar-refractivity contribution in [1.82, 2.24) is 5.32 Å². The molecular formula is C18H21ClF2IN3O3. The number of halogens is 4. The van der Waals surface area contributed by atoms with Crippen molar-refractivity contribution in [3.05, 3.63) is 52.5 Å². The molecule has 154 valence electrons. The lowest BCUT2D eigenvalue weighted by Crippen LogP contribution is -2.31. The highest BCUT2D eigenvalue weighted by atomic mass is 127. The average molecular weight is 528 g/mol. The van der Waals surface area contributed by atoms with E-state index in [1.54, 1.807) is 26.4 Å². The van der Waals surface area contributed by atoms with Crippen LogP contribution in [0.2, 0.25) is 5.02 Å². The Kier molecular flexibility index (Phi) is 10.1. The molecule has 3 N–H and O–H groups in total. The molecule has 0 amide bonds. The number of methoxy groups -OCH3 is 2. The summed E-state index contributed by atoms with van der Waals surface area (Å²) < 4.78 is 39.8. The van der Waals surface area contributed by atoms with Crippen molar-refractivity contribution in [2.45, 2.75) is 19.7 Å². The number of nitrogens with one attached hydrogen (secondary N) is 1. The summed E-state index contributed by atoms with van der Waals surface area (Å²) in [5.74, 6) is 1.37. The number of nitrogens with two attached hydrogens (primary N) is 1. The van der Waals surface area contributed by atoms with Crippen molar-refractivity contribution in [3.8, 4) is 17.2 Å². The maximum Gasteiger partial charge on any atom is 0.387 e. The third kappa shape index (κ3) is 7.19. The van der Waals surface area contributed by atoms with Crippen LogP contribution < -0.4 is 25.3 Å². The topological polar surface area (TPSA) is 78.1 Å². The quantitative estimate of drug-likeness (QED) is 0.306. The molecule has 0 unspecified atom stereocenters. The lowest BCUT2D eigenvalue weighted by atomic mass is 10.2. The summed E-state index contributed by atoms with van der Waals surface area (Å²) in [7, 11) is 3.10. The Morgan fingerprint density at radius 3 is 2.43 bits per heavy atom. The van der Waals surface area contributed by atoms with E-state index in [2.05, 4.69) is 15.0 Å². The molecule has 0 saturated heterocycles. The van der Waals surface area contributed by atoms with Crippen LogP contribution in [0.5, 0.6) is 17.2 Å². The largest absolute Gasteiger partial charge is 0.493 e. The van der Waals surface area contributed by atoms with Crippen LogP contribution in [0.4, 0.5) is 8.78 Å². The van der Waals surface area contributed by atoms with Gasteiger partial charge < -0.3 is 25.3 Å². The van der Waals surface area contributed by atoms with Gasteiger partial charge in [0.15, 0.2) is 17.5 Å². The third-order valence-corrected chi connectivity index (χ3v) is 3.81. The van der Waals surface area contributed by atoms with E-state index in [-0.39, 0.29) is 42.2 Å². The second-order valence-electron chi connectivity index (χ2n) is 5.37. The number of rotatable bonds is 8. The van der Waals surface area contributed by atoms with Crippen LogP contribution in [0.1, 0.15) is 11.1 Å². The Hall–Kier alpha value is -2.01. The van der Waals surface area contributed by atoms with Crippen LogP contribution in [0.25, 0.3) is 0 Å². The van der Waals surface area contributed by atoms with Gasteiger partial charge in [-0.1, -0.05) is 17.7 Å². The van der Waals surface area contributed by atoms with Gasteiger partial charge in [0.05, 0.1) is 20.8 Å². The molecule has 0 radical (unpaired) electrons. The van der Waals surface area contributed by atoms with Crippen LogP contribution in [0, 0.1) is 0 Å². The molecule has 0 spiro atoms. The van der Waals surface area contributed by atoms with E-state index in [1.165, 1.54) is 18.2 Å². The van der Waals surface area contributed by atoms with E-state index >= 15 is 0 Å². The minimum atomic E-state index is -2.93. The van der Waals surface area contributed by atoms with E-state index < -0.39 is 6.61 Å². The summed E-state index contributed by atoms with van der Waals surface area (Å²) in [5, 5.41) is 3.25. The van der Waals surface area contributed by atoms with Gasteiger partial charge in [-0.25, -0.2) is 4.99 Å². The molecule has 0 bridgehead atoms. The van der Waals surface area contributed by atoms with E-state index in [0.717, 1.165) is 5.56 Å². The van der Waals surface area contributed by atoms with Gasteiger partial charge in [-0.3, -0.25) is 0 Å². The molecule has 28 heavy (non-hydrogen) atoms. The molecule has 2 rings (SSSR count). The van der Waals surface area contributed by atoms with Crippen molar-refractivity contribution in [1.29, 1.82) is 0 Å². The summed E-state index contributed by atoms with van der Waals surface area (Å²) in [6.07, 6.45) is 0. The first kappa shape index (κ1) is 24.0. The van der Waals surface area contributed by atoms with E-state index in [1.807, 2.05) is 6.07 Å². The molecule has 0 aliphatic rings. The van der Waals surface area contributed by atoms with E-state index in [4.69, 9.17) is 26.8 Å². The molecule has 6 nitrogen and oxygen atoms in total. The molecule has 0 aliphatic heterocycles. The van der Waals surface area contributed by atoms with Gasteiger partial charge in [0.2, 0.25) is 0 Å². The van der Waals surface area contributed by atoms with Crippen LogP contribution in [-0.2, 0) is 13.1 Å². The minimum Gasteiger partial charge on any atom is -0.493 e. The number of ether oxygens (including phenoxy) is 3. The summed E-state index contributed by atoms with van der Waals surface area (Å²) >= 11 is 5.91. The first-order valence-corrected chi connectivity index (χ1v) is 8.28. The Morgan fingerprint density at radius 1 is 1.11 bits per heavy atom. The number of benzene rings is 2. The number of hydrogen-bond donors (Lipinski definition) is 2. The molecular weight excluding hydrogens is 507 g/mol. The number of nitrogens with zero attached hydrogens (tertiary/aromatic N) is 1. The van der Waals surface area contributed by atoms with Crippen molar-refractivity contribution in [2.75, 3.05) is 14.2 Å². The second-order valence-corrected chi connectivity index (χ2v) is 5.81. The number of guanidine groups is 1. The van der Waals surface area contributed by atoms with Crippen LogP contribution in [0.15, 0.2) is 41.4 Å². The first-order valence-electron chi connectivity index (χ1n) is 7.91. The predicted octanol–water partition coefficient (Wildman–Crippen LogP) is 4.18. The van der Waals surface area contributed by atoms with Crippen LogP contribution in [0.3, 0.4) is 0 Å². The van der Waals surface area contributed by atoms with Gasteiger partial charge in [-0.05, 0) is 35.9 Å². The highest BCUT2D eigenvalue weighted by molar-refractivity contribution is 14.0. The summed E-state index contributed by atoms with van der Waals surface area (Å²) in [5.41, 5.74) is 7.15. The van der Waals surface area contributed by atoms with Gasteiger partial charge in [-0.15, -0.1) is 24.0 Å². The zero-order valence-electron chi connectivity index (χ0n) is 15.2. The van der Waals surface area contributed by atoms with Crippen LogP contribution >= 0.6 is 35.6 Å². The highest BCUT2D eigenvalue weighted by Gasteiger charge is 2.10. The standard InChI is InChI=1S/C18H20ClF2N3O3.HI/c1-25-15-5-3-11(7-16(15)26-2)9-23-18(22)24-10-12-8-13(19)4-6-14(12)27-17(20)21;/h3-8,17H,9-10H2,1-2H3,(H3,22,23,24);1H. The Labute approximate surface area is 184 Å². The molecule has 0 fully saturated rings. The molecule has 10 heteroatoms. The van der Waals surface area contributed by atoms with Crippen molar-refractivity contribution >= 4 is 41.5 Å². The summed E-state index contributed by atoms with van der Waals surface area (Å²) in [4.78, 5) is 4.22. The fourth-order valence-corrected chi connectivity index (χ4v) is 2.49. The number of aliphatic imine (C=N–C) groups is 1. The SMILES string of the molecule is COc1ccc(CN=C(N)NCc2cc(Cl)ccc2OC(F)F)cc1OC.I. The third-order valence-electron chi connectivity index (χ3n) is 3.58. The fourth-order valence-electron chi connectivity index (χ4n) is 2.29. The molecule has 2 aromatic carbocycles. The average Bonchev–Trinajstić information content (AvgIpc) is 2.65. The second kappa shape index (κ2) is 11.7. The minimum absolute atomic E-state index is 0. The Bertz CT molecular complexity index is 810. The zero-order chi connectivity index (χ0) is 19.8. The van der Waals surface area contributed by atoms with Crippen molar-refractivity contribution < 1.29 is 23.0 Å². The van der Waals surface area contributed by atoms with Gasteiger partial charge in [0, 0.05) is 17.1 Å². The number of hydrogen-bond acceptors (Lipinski definition) is 4. The Morgan fingerprint density at radius 2 is 1.79 bits per heavy atom. The smallest absolute Gasteiger partial charge is 0.387 e. The van der Waals surface area contributed by atoms with Gasteiger partial charge in [0.25, 0.3) is 0 Å². The maximum absolute atomic E-state index is 12.5. The molecule has 0 heterocycles. The first-order chi connectivity index (χ1) is 12.9. The maximum atomic E-state index is 12.5. The Balaban J connectivity index is 0.00000392. The summed E-state index contributed by atoms with van der Waals surface area (Å²) in [6.45, 7) is -2.50. The van der Waals surface area contributed by atoms with Gasteiger partial charge in [-0.2, -0.15) is 8.78 Å². The summed E-state index contributed by atoms with van der Waals surface area (Å²) in [6, 6.07) is 9.77. The lowest BCUT2D eigenvalue weighted by molar-refractivity contribution is -0.0504. The molecule has 0 atom stereocenters. The molecule has 2 aromatic rings. The number of alkyl halides is 2. The normalized spacial score (nSPS) is 11.0. The van der Waals surface area contributed by atoms with Crippen molar-refractivity contribution in [3.63, 3.8) is 0 Å². The molecule has 0 saturated carbocycles. The van der Waals surface area contributed by atoms with Gasteiger partial charge >= 0.3 is 6.61 Å². The monoisotopic (exact) mass is 527 g/mol. The molecule has 0 aliphatic carbocycles. The predicted molar refractivity (Wildman–Crippen MR) is 115 cm³/mol. The van der Waals surface area contributed by atoms with E-state index in [0.29, 0.717) is 28.6 Å². The zero-order valence-corrected chi connectivity index (χ0v) is 18.3. The highest BCUT2D eigenvalue weighted by Crippen LogP contribution is 2.28. The fraction of sp³-hybridized carbons (Fsp3) is 0.278.